The van der Waals surface area contributed by atoms with Gasteiger partial charge < -0.3 is 22.9 Å². The highest BCUT2D eigenvalue weighted by atomic mass is 14.4. The summed E-state index contributed by atoms with van der Waals surface area (Å²) in [6.07, 6.45) is 0. The van der Waals surface area contributed by atoms with Crippen LogP contribution in [0.3, 0.4) is 0 Å². The molecule has 0 atom stereocenters. The monoisotopic (exact) mass is 172 g/mol. The molecule has 0 saturated carbocycles. The van der Waals surface area contributed by atoms with Crippen molar-refractivity contribution in [3.05, 3.63) is 0 Å². The van der Waals surface area contributed by atoms with Gasteiger partial charge in [0, 0.05) is 0 Å². The Morgan fingerprint density at radius 3 is 0.364 bits per heavy atom. The maximum atomic E-state index is 4.50. The van der Waals surface area contributed by atoms with Crippen molar-refractivity contribution in [3.63, 3.8) is 0 Å². The molecule has 8 N–H and O–H groups in total. The van der Waals surface area contributed by atoms with Crippen LogP contribution in [0.4, 0.5) is 0 Å². The maximum absolute atomic E-state index is 4.50. The summed E-state index contributed by atoms with van der Waals surface area (Å²) in [4.78, 5) is 0. The quantitative estimate of drug-likeness (QED) is 0.419. The molecule has 4 nitrogen and oxygen atoms in total. The number of nitrogens with two attached hydrogens (primary N) is 4. The van der Waals surface area contributed by atoms with Crippen LogP contribution in [0.5, 0.6) is 0 Å². The van der Waals surface area contributed by atoms with Gasteiger partial charge in [-0.1, -0.05) is 22.3 Å². The third-order valence-corrected chi connectivity index (χ3v) is 0. The molecule has 0 heterocycles. The minimum Gasteiger partial charge on any atom is -0.333 e. The molecule has 0 bridgehead atoms. The van der Waals surface area contributed by atoms with Gasteiger partial charge in [0.1, 0.15) is 0 Å². The Morgan fingerprint density at radius 2 is 0.364 bits per heavy atom. The van der Waals surface area contributed by atoms with Crippen LogP contribution in [0.2, 0.25) is 0 Å². The summed E-state index contributed by atoms with van der Waals surface area (Å²) in [7, 11) is 6.00. The molecule has 11 heavy (non-hydrogen) atoms. The Hall–Kier alpha value is -0.160. The number of hydrogen-bond acceptors (Lipinski definition) is 4. The minimum absolute atomic E-state index is 0. The molecule has 4 heteroatoms. The van der Waals surface area contributed by atoms with E-state index in [1.807, 2.05) is 0 Å². The van der Waals surface area contributed by atoms with E-state index in [1.54, 1.807) is 0 Å². The average Bonchev–Trinajstić information content (AvgIpc) is 2.03. The SMILES string of the molecule is C.C.C.CN.CN.CN.CN. The Morgan fingerprint density at radius 1 is 0.364 bits per heavy atom. The predicted octanol–water partition coefficient (Wildman–Crippen LogP) is 0.208. The zero-order chi connectivity index (χ0) is 8.00. The first-order chi connectivity index (χ1) is 4.00. The first kappa shape index (κ1) is 71.2. The molecule has 0 amide bonds. The molecule has 0 unspecified atom stereocenters. The molecular weight excluding hydrogens is 140 g/mol. The van der Waals surface area contributed by atoms with Crippen molar-refractivity contribution in [2.45, 2.75) is 22.3 Å². The van der Waals surface area contributed by atoms with Crippen LogP contribution in [0, 0.1) is 0 Å². The van der Waals surface area contributed by atoms with E-state index >= 15 is 0 Å². The van der Waals surface area contributed by atoms with Gasteiger partial charge in [-0.2, -0.15) is 0 Å². The second-order valence-electron chi connectivity index (χ2n) is 0. The normalized spacial score (nSPS) is 2.18. The maximum Gasteiger partial charge on any atom is -0.0195 e. The van der Waals surface area contributed by atoms with Crippen molar-refractivity contribution in [3.8, 4) is 0 Å². The van der Waals surface area contributed by atoms with E-state index in [1.165, 1.54) is 28.2 Å². The van der Waals surface area contributed by atoms with E-state index in [4.69, 9.17) is 0 Å². The van der Waals surface area contributed by atoms with Gasteiger partial charge in [0.05, 0.1) is 0 Å². The molecule has 0 aliphatic rings. The van der Waals surface area contributed by atoms with Crippen molar-refractivity contribution in [1.29, 1.82) is 0 Å². The zero-order valence-corrected chi connectivity index (χ0v) is 6.31. The molecule has 80 valence electrons. The van der Waals surface area contributed by atoms with E-state index in [0.717, 1.165) is 0 Å². The van der Waals surface area contributed by atoms with Gasteiger partial charge in [-0.25, -0.2) is 0 Å². The van der Waals surface area contributed by atoms with E-state index in [2.05, 4.69) is 22.9 Å². The van der Waals surface area contributed by atoms with Crippen molar-refractivity contribution in [1.82, 2.24) is 0 Å². The first-order valence-electron chi connectivity index (χ1n) is 2.31. The van der Waals surface area contributed by atoms with Crippen LogP contribution in [-0.2, 0) is 0 Å². The number of rotatable bonds is 0. The first-order valence-corrected chi connectivity index (χ1v) is 2.31. The lowest BCUT2D eigenvalue weighted by molar-refractivity contribution is 1.48. The molecule has 0 saturated heterocycles. The highest BCUT2D eigenvalue weighted by molar-refractivity contribution is 3.54. The van der Waals surface area contributed by atoms with Crippen molar-refractivity contribution in [2.24, 2.45) is 22.9 Å². The molecule has 0 aromatic carbocycles. The van der Waals surface area contributed by atoms with Gasteiger partial charge in [-0.05, 0) is 28.2 Å². The summed E-state index contributed by atoms with van der Waals surface area (Å²) in [5.41, 5.74) is 18.0. The van der Waals surface area contributed by atoms with Gasteiger partial charge in [0.2, 0.25) is 0 Å². The van der Waals surface area contributed by atoms with Gasteiger partial charge in [0.15, 0.2) is 0 Å². The van der Waals surface area contributed by atoms with E-state index in [0.29, 0.717) is 0 Å². The largest absolute Gasteiger partial charge is 0.333 e. The second-order valence-corrected chi connectivity index (χ2v) is 0. The van der Waals surface area contributed by atoms with Crippen molar-refractivity contribution in [2.75, 3.05) is 28.2 Å². The molecule has 0 aliphatic heterocycles. The van der Waals surface area contributed by atoms with Crippen molar-refractivity contribution < 1.29 is 0 Å². The topological polar surface area (TPSA) is 104 Å². The molecule has 0 aliphatic carbocycles. The fourth-order valence-corrected chi connectivity index (χ4v) is 0. The molecule has 0 aromatic heterocycles. The summed E-state index contributed by atoms with van der Waals surface area (Å²) in [6, 6.07) is 0. The second kappa shape index (κ2) is 30000. The lowest BCUT2D eigenvalue weighted by atomic mass is 11.6. The van der Waals surface area contributed by atoms with Crippen LogP contribution in [0.15, 0.2) is 0 Å². The standard InChI is InChI=1S/4CH5N.3CH4/c4*1-2;;;/h4*2H2,1H3;3*1H4. The Balaban J connectivity index is -0.00000000356. The van der Waals surface area contributed by atoms with Crippen LogP contribution in [0.1, 0.15) is 22.3 Å². The fraction of sp³-hybridized carbons (Fsp3) is 1.00. The minimum atomic E-state index is 0. The Kier molecular flexibility index (Phi) is 194000. The van der Waals surface area contributed by atoms with Crippen LogP contribution < -0.4 is 22.9 Å². The summed E-state index contributed by atoms with van der Waals surface area (Å²) in [6.45, 7) is 0. The van der Waals surface area contributed by atoms with Gasteiger partial charge >= 0.3 is 0 Å². The van der Waals surface area contributed by atoms with Crippen LogP contribution in [-0.4, -0.2) is 28.2 Å². The van der Waals surface area contributed by atoms with E-state index in [-0.39, 0.29) is 22.3 Å². The molecule has 0 spiro atoms. The fourth-order valence-electron chi connectivity index (χ4n) is 0. The highest BCUT2D eigenvalue weighted by Crippen LogP contribution is 0.475. The third-order valence-electron chi connectivity index (χ3n) is 0. The molecule has 0 aromatic rings. The van der Waals surface area contributed by atoms with Gasteiger partial charge in [0.25, 0.3) is 0 Å². The lowest BCUT2D eigenvalue weighted by Crippen LogP contribution is -1.69. The van der Waals surface area contributed by atoms with E-state index < -0.39 is 0 Å². The van der Waals surface area contributed by atoms with Gasteiger partial charge in [-0.3, -0.25) is 0 Å². The Labute approximate surface area is 74.3 Å². The van der Waals surface area contributed by atoms with E-state index in [9.17, 15) is 0 Å². The Bertz CT molecular complexity index is 10.4. The third kappa shape index (κ3) is 23600. The summed E-state index contributed by atoms with van der Waals surface area (Å²) in [5, 5.41) is 0. The molecule has 0 fully saturated rings. The zero-order valence-electron chi connectivity index (χ0n) is 6.31. The number of hydrogen-bond donors (Lipinski definition) is 4. The highest BCUT2D eigenvalue weighted by Gasteiger charge is 0.842. The average molecular weight is 172 g/mol. The van der Waals surface area contributed by atoms with Gasteiger partial charge in [-0.15, -0.1) is 0 Å². The smallest absolute Gasteiger partial charge is 0.0195 e. The van der Waals surface area contributed by atoms with Crippen LogP contribution in [0.25, 0.3) is 0 Å². The van der Waals surface area contributed by atoms with Crippen molar-refractivity contribution >= 4 is 0 Å². The summed E-state index contributed by atoms with van der Waals surface area (Å²) < 4.78 is 0. The summed E-state index contributed by atoms with van der Waals surface area (Å²) in [5.74, 6) is 0. The molecular formula is C7H32N4. The summed E-state index contributed by atoms with van der Waals surface area (Å²) >= 11 is 0. The lowest BCUT2D eigenvalue weighted by Gasteiger charge is -1.19. The molecule has 0 rings (SSSR count). The molecule has 0 radical (unpaired) electrons. The van der Waals surface area contributed by atoms with Crippen LogP contribution >= 0.6 is 0 Å². The predicted molar refractivity (Wildman–Crippen MR) is 60.6 cm³/mol.